The largest absolute Gasteiger partial charge is 0.495 e. The minimum absolute atomic E-state index is 0.233. The molecule has 1 rings (SSSR count). The van der Waals surface area contributed by atoms with Gasteiger partial charge >= 0.3 is 0 Å². The minimum atomic E-state index is 0.233. The summed E-state index contributed by atoms with van der Waals surface area (Å²) < 4.78 is 5.23. The van der Waals surface area contributed by atoms with Gasteiger partial charge in [-0.1, -0.05) is 13.8 Å². The van der Waals surface area contributed by atoms with Gasteiger partial charge in [0.05, 0.1) is 12.8 Å². The normalized spacial score (nSPS) is 12.9. The van der Waals surface area contributed by atoms with Crippen molar-refractivity contribution in [3.8, 4) is 5.75 Å². The van der Waals surface area contributed by atoms with E-state index in [9.17, 15) is 0 Å². The summed E-state index contributed by atoms with van der Waals surface area (Å²) >= 11 is 0. The Bertz CT molecular complexity index is 299. The van der Waals surface area contributed by atoms with E-state index in [4.69, 9.17) is 10.5 Å². The van der Waals surface area contributed by atoms with Crippen molar-refractivity contribution in [1.29, 1.82) is 0 Å². The van der Waals surface area contributed by atoms with E-state index in [1.807, 2.05) is 12.1 Å². The molecule has 0 aliphatic carbocycles. The monoisotopic (exact) mass is 208 g/mol. The van der Waals surface area contributed by atoms with Crippen molar-refractivity contribution in [2.75, 3.05) is 7.11 Å². The van der Waals surface area contributed by atoms with Crippen LogP contribution in [0.15, 0.2) is 18.3 Å². The molecule has 1 unspecified atom stereocenters. The molecule has 0 aliphatic heterocycles. The van der Waals surface area contributed by atoms with Gasteiger partial charge in [0.15, 0.2) is 0 Å². The Morgan fingerprint density at radius 3 is 2.80 bits per heavy atom. The lowest BCUT2D eigenvalue weighted by molar-refractivity contribution is 0.401. The third kappa shape index (κ3) is 3.51. The van der Waals surface area contributed by atoms with Gasteiger partial charge in [0.25, 0.3) is 0 Å². The van der Waals surface area contributed by atoms with Crippen molar-refractivity contribution in [1.82, 2.24) is 4.98 Å². The summed E-state index contributed by atoms with van der Waals surface area (Å²) in [5.74, 6) is 1.37. The summed E-state index contributed by atoms with van der Waals surface area (Å²) in [6.07, 6.45) is 3.62. The van der Waals surface area contributed by atoms with Crippen molar-refractivity contribution in [3.63, 3.8) is 0 Å². The summed E-state index contributed by atoms with van der Waals surface area (Å²) in [5, 5.41) is 0. The maximum absolute atomic E-state index is 5.99. The highest BCUT2D eigenvalue weighted by atomic mass is 16.5. The molecule has 0 saturated carbocycles. The van der Waals surface area contributed by atoms with Gasteiger partial charge in [0.1, 0.15) is 5.75 Å². The van der Waals surface area contributed by atoms with E-state index in [0.717, 1.165) is 24.3 Å². The summed E-state index contributed by atoms with van der Waals surface area (Å²) in [6.45, 7) is 4.28. The van der Waals surface area contributed by atoms with Crippen molar-refractivity contribution in [2.24, 2.45) is 11.7 Å². The molecule has 0 spiro atoms. The fourth-order valence-electron chi connectivity index (χ4n) is 1.43. The Kier molecular flexibility index (Phi) is 4.56. The highest BCUT2D eigenvalue weighted by molar-refractivity contribution is 5.26. The average Bonchev–Trinajstić information content (AvgIpc) is 2.26. The van der Waals surface area contributed by atoms with E-state index in [1.165, 1.54) is 0 Å². The van der Waals surface area contributed by atoms with E-state index in [0.29, 0.717) is 5.92 Å². The predicted octanol–water partition coefficient (Wildman–Crippen LogP) is 2.01. The van der Waals surface area contributed by atoms with Crippen molar-refractivity contribution in [2.45, 2.75) is 32.7 Å². The van der Waals surface area contributed by atoms with Crippen LogP contribution in [0.25, 0.3) is 0 Å². The molecule has 84 valence electrons. The SMILES string of the molecule is COc1cccnc1CCC(N)C(C)C. The maximum atomic E-state index is 5.99. The number of aromatic nitrogens is 1. The van der Waals surface area contributed by atoms with Gasteiger partial charge in [0, 0.05) is 12.2 Å². The molecule has 0 fully saturated rings. The lowest BCUT2D eigenvalue weighted by Gasteiger charge is -2.15. The third-order valence-electron chi connectivity index (χ3n) is 2.64. The van der Waals surface area contributed by atoms with Crippen LogP contribution in [0.4, 0.5) is 0 Å². The molecule has 2 N–H and O–H groups in total. The van der Waals surface area contributed by atoms with Gasteiger partial charge in [-0.05, 0) is 30.9 Å². The number of hydrogen-bond donors (Lipinski definition) is 1. The number of nitrogens with two attached hydrogens (primary N) is 1. The standard InChI is InChI=1S/C12H20N2O/c1-9(2)10(13)6-7-11-12(15-3)5-4-8-14-11/h4-5,8-10H,6-7,13H2,1-3H3. The number of pyridine rings is 1. The van der Waals surface area contributed by atoms with Crippen molar-refractivity contribution >= 4 is 0 Å². The topological polar surface area (TPSA) is 48.1 Å². The first kappa shape index (κ1) is 12.0. The van der Waals surface area contributed by atoms with Crippen molar-refractivity contribution in [3.05, 3.63) is 24.0 Å². The van der Waals surface area contributed by atoms with E-state index in [-0.39, 0.29) is 6.04 Å². The zero-order valence-electron chi connectivity index (χ0n) is 9.73. The second kappa shape index (κ2) is 5.71. The zero-order valence-corrected chi connectivity index (χ0v) is 9.73. The summed E-state index contributed by atoms with van der Waals surface area (Å²) in [7, 11) is 1.67. The molecular formula is C12H20N2O. The molecule has 3 nitrogen and oxygen atoms in total. The number of methoxy groups -OCH3 is 1. The van der Waals surface area contributed by atoms with E-state index in [1.54, 1.807) is 13.3 Å². The lowest BCUT2D eigenvalue weighted by Crippen LogP contribution is -2.26. The van der Waals surface area contributed by atoms with Gasteiger partial charge in [-0.25, -0.2) is 0 Å². The van der Waals surface area contributed by atoms with Crippen LogP contribution >= 0.6 is 0 Å². The molecular weight excluding hydrogens is 188 g/mol. The zero-order chi connectivity index (χ0) is 11.3. The molecule has 0 aliphatic rings. The van der Waals surface area contributed by atoms with E-state index in [2.05, 4.69) is 18.8 Å². The number of hydrogen-bond acceptors (Lipinski definition) is 3. The Balaban J connectivity index is 2.57. The van der Waals surface area contributed by atoms with Crippen LogP contribution in [-0.4, -0.2) is 18.1 Å². The molecule has 3 heteroatoms. The fraction of sp³-hybridized carbons (Fsp3) is 0.583. The maximum Gasteiger partial charge on any atom is 0.140 e. The third-order valence-corrected chi connectivity index (χ3v) is 2.64. The Morgan fingerprint density at radius 2 is 2.20 bits per heavy atom. The second-order valence-corrected chi connectivity index (χ2v) is 4.10. The smallest absolute Gasteiger partial charge is 0.140 e. The summed E-state index contributed by atoms with van der Waals surface area (Å²) in [4.78, 5) is 4.30. The molecule has 0 aromatic carbocycles. The van der Waals surface area contributed by atoms with Crippen LogP contribution in [0.5, 0.6) is 5.75 Å². The van der Waals surface area contributed by atoms with Gasteiger partial charge in [-0.2, -0.15) is 0 Å². The molecule has 1 heterocycles. The highest BCUT2D eigenvalue weighted by Crippen LogP contribution is 2.17. The summed E-state index contributed by atoms with van der Waals surface area (Å²) in [5.41, 5.74) is 6.98. The molecule has 1 aromatic rings. The van der Waals surface area contributed by atoms with Crippen LogP contribution < -0.4 is 10.5 Å². The molecule has 1 atom stereocenters. The molecule has 0 amide bonds. The highest BCUT2D eigenvalue weighted by Gasteiger charge is 2.10. The van der Waals surface area contributed by atoms with Gasteiger partial charge in [0.2, 0.25) is 0 Å². The van der Waals surface area contributed by atoms with Gasteiger partial charge in [-0.15, -0.1) is 0 Å². The molecule has 1 aromatic heterocycles. The first-order chi connectivity index (χ1) is 7.15. The first-order valence-electron chi connectivity index (χ1n) is 5.38. The van der Waals surface area contributed by atoms with Crippen LogP contribution in [0.3, 0.4) is 0 Å². The number of ether oxygens (including phenoxy) is 1. The minimum Gasteiger partial charge on any atom is -0.495 e. The first-order valence-corrected chi connectivity index (χ1v) is 5.38. The molecule has 0 bridgehead atoms. The predicted molar refractivity (Wildman–Crippen MR) is 61.9 cm³/mol. The van der Waals surface area contributed by atoms with Gasteiger partial charge < -0.3 is 10.5 Å². The van der Waals surface area contributed by atoms with E-state index >= 15 is 0 Å². The Hall–Kier alpha value is -1.09. The molecule has 15 heavy (non-hydrogen) atoms. The van der Waals surface area contributed by atoms with Crippen LogP contribution in [0, 0.1) is 5.92 Å². The van der Waals surface area contributed by atoms with Crippen molar-refractivity contribution < 1.29 is 4.74 Å². The Morgan fingerprint density at radius 1 is 1.47 bits per heavy atom. The van der Waals surface area contributed by atoms with Crippen LogP contribution in [0.2, 0.25) is 0 Å². The average molecular weight is 208 g/mol. The molecule has 0 saturated heterocycles. The number of aryl methyl sites for hydroxylation is 1. The lowest BCUT2D eigenvalue weighted by atomic mass is 9.99. The fourth-order valence-corrected chi connectivity index (χ4v) is 1.43. The van der Waals surface area contributed by atoms with Gasteiger partial charge in [-0.3, -0.25) is 4.98 Å². The second-order valence-electron chi connectivity index (χ2n) is 4.10. The number of nitrogens with zero attached hydrogens (tertiary/aromatic N) is 1. The Labute approximate surface area is 91.7 Å². The van der Waals surface area contributed by atoms with Crippen LogP contribution in [0.1, 0.15) is 26.0 Å². The quantitative estimate of drug-likeness (QED) is 0.805. The number of rotatable bonds is 5. The molecule has 0 radical (unpaired) electrons. The van der Waals surface area contributed by atoms with Crippen LogP contribution in [-0.2, 0) is 6.42 Å². The van der Waals surface area contributed by atoms with E-state index < -0.39 is 0 Å². The summed E-state index contributed by atoms with van der Waals surface area (Å²) in [6, 6.07) is 4.05.